The fourth-order valence-corrected chi connectivity index (χ4v) is 2.43. The van der Waals surface area contributed by atoms with Crippen molar-refractivity contribution in [1.82, 2.24) is 9.97 Å². The molecule has 3 rings (SSSR count). The van der Waals surface area contributed by atoms with Gasteiger partial charge >= 0.3 is 0 Å². The Balaban J connectivity index is 1.67. The molecule has 118 valence electrons. The van der Waals surface area contributed by atoms with E-state index in [2.05, 4.69) is 27.4 Å². The number of hydrogen-bond acceptors (Lipinski definition) is 3. The maximum Gasteiger partial charge on any atom is 0.221 e. The Kier molecular flexibility index (Phi) is 4.28. The van der Waals surface area contributed by atoms with Crippen LogP contribution in [-0.2, 0) is 11.2 Å². The molecule has 0 atom stereocenters. The Morgan fingerprint density at radius 1 is 1.30 bits per heavy atom. The molecule has 0 aliphatic carbocycles. The van der Waals surface area contributed by atoms with Crippen molar-refractivity contribution in [2.75, 3.05) is 11.9 Å². The highest BCUT2D eigenvalue weighted by molar-refractivity contribution is 6.01. The van der Waals surface area contributed by atoms with Gasteiger partial charge in [-0.2, -0.15) is 0 Å². The number of benzene rings is 1. The summed E-state index contributed by atoms with van der Waals surface area (Å²) in [6.45, 7) is 4.06. The summed E-state index contributed by atoms with van der Waals surface area (Å²) < 4.78 is 5.66. The summed E-state index contributed by atoms with van der Waals surface area (Å²) in [4.78, 5) is 18.6. The number of fused-ring (bicyclic) bond motifs is 1. The van der Waals surface area contributed by atoms with Crippen LogP contribution in [0, 0.1) is 6.92 Å². The zero-order valence-corrected chi connectivity index (χ0v) is 13.2. The van der Waals surface area contributed by atoms with Gasteiger partial charge in [0.15, 0.2) is 0 Å². The molecule has 0 aliphatic rings. The first-order valence-electron chi connectivity index (χ1n) is 7.55. The number of aromatic amines is 1. The van der Waals surface area contributed by atoms with Crippen LogP contribution in [0.2, 0.25) is 0 Å². The van der Waals surface area contributed by atoms with Crippen molar-refractivity contribution in [2.45, 2.75) is 20.3 Å². The quantitative estimate of drug-likeness (QED) is 0.758. The molecule has 0 radical (unpaired) electrons. The molecule has 0 bridgehead atoms. The van der Waals surface area contributed by atoms with Gasteiger partial charge in [0, 0.05) is 42.7 Å². The number of carbonyl (C=O) groups excluding carboxylic acids is 1. The Morgan fingerprint density at radius 3 is 2.91 bits per heavy atom. The van der Waals surface area contributed by atoms with Crippen LogP contribution in [0.25, 0.3) is 10.9 Å². The predicted octanol–water partition coefficient (Wildman–Crippen LogP) is 3.45. The van der Waals surface area contributed by atoms with E-state index < -0.39 is 0 Å². The van der Waals surface area contributed by atoms with Gasteiger partial charge in [0.25, 0.3) is 0 Å². The van der Waals surface area contributed by atoms with Crippen LogP contribution in [0.4, 0.5) is 5.69 Å². The number of carbonyl (C=O) groups is 1. The largest absolute Gasteiger partial charge is 0.477 e. The van der Waals surface area contributed by atoms with Crippen LogP contribution in [0.5, 0.6) is 5.88 Å². The van der Waals surface area contributed by atoms with Gasteiger partial charge in [-0.15, -0.1) is 0 Å². The molecule has 5 heteroatoms. The second kappa shape index (κ2) is 6.52. The molecule has 5 nitrogen and oxygen atoms in total. The molecule has 1 aromatic carbocycles. The fraction of sp³-hybridized carbons (Fsp3) is 0.222. The van der Waals surface area contributed by atoms with Crippen LogP contribution in [0.15, 0.2) is 42.7 Å². The Morgan fingerprint density at radius 2 is 2.17 bits per heavy atom. The van der Waals surface area contributed by atoms with Gasteiger partial charge < -0.3 is 15.0 Å². The van der Waals surface area contributed by atoms with Gasteiger partial charge in [0.1, 0.15) is 0 Å². The third-order valence-corrected chi connectivity index (χ3v) is 3.58. The first-order valence-corrected chi connectivity index (χ1v) is 7.55. The first kappa shape index (κ1) is 15.1. The van der Waals surface area contributed by atoms with Gasteiger partial charge in [-0.3, -0.25) is 4.79 Å². The molecule has 0 saturated heterocycles. The molecule has 0 fully saturated rings. The minimum atomic E-state index is -0.0786. The van der Waals surface area contributed by atoms with E-state index in [0.29, 0.717) is 12.5 Å². The number of aryl methyl sites for hydroxylation is 1. The number of ether oxygens (including phenoxy) is 1. The number of aromatic nitrogens is 2. The number of pyridine rings is 1. The second-order valence-corrected chi connectivity index (χ2v) is 5.54. The lowest BCUT2D eigenvalue weighted by Crippen LogP contribution is -2.05. The Hall–Kier alpha value is -2.82. The smallest absolute Gasteiger partial charge is 0.221 e. The molecule has 2 heterocycles. The van der Waals surface area contributed by atoms with E-state index in [9.17, 15) is 4.79 Å². The standard InChI is InChI=1S/C18H19N3O2/c1-12-3-6-18(20-10-12)23-8-7-14-4-5-16-15(9-14)17(11-19-16)21-13(2)22/h3-6,9-11,19H,7-8H2,1-2H3,(H,21,22). The van der Waals surface area contributed by atoms with E-state index in [1.165, 1.54) is 6.92 Å². The molecule has 0 spiro atoms. The summed E-state index contributed by atoms with van der Waals surface area (Å²) in [6.07, 6.45) is 4.37. The van der Waals surface area contributed by atoms with Gasteiger partial charge in [0.2, 0.25) is 11.8 Å². The Bertz CT molecular complexity index is 822. The highest BCUT2D eigenvalue weighted by atomic mass is 16.5. The van der Waals surface area contributed by atoms with Crippen LogP contribution < -0.4 is 10.1 Å². The average Bonchev–Trinajstić information content (AvgIpc) is 2.91. The average molecular weight is 309 g/mol. The predicted molar refractivity (Wildman–Crippen MR) is 90.8 cm³/mol. The van der Waals surface area contributed by atoms with Gasteiger partial charge in [-0.05, 0) is 30.2 Å². The third-order valence-electron chi connectivity index (χ3n) is 3.58. The number of hydrogen-bond donors (Lipinski definition) is 2. The first-order chi connectivity index (χ1) is 11.1. The highest BCUT2D eigenvalue weighted by Crippen LogP contribution is 2.24. The molecule has 23 heavy (non-hydrogen) atoms. The van der Waals surface area contributed by atoms with Crippen LogP contribution in [0.1, 0.15) is 18.1 Å². The van der Waals surface area contributed by atoms with Gasteiger partial charge in [-0.1, -0.05) is 12.1 Å². The molecule has 0 saturated carbocycles. The second-order valence-electron chi connectivity index (χ2n) is 5.54. The zero-order valence-electron chi connectivity index (χ0n) is 13.2. The normalized spacial score (nSPS) is 10.7. The number of rotatable bonds is 5. The van der Waals surface area contributed by atoms with Crippen molar-refractivity contribution in [1.29, 1.82) is 0 Å². The van der Waals surface area contributed by atoms with Crippen molar-refractivity contribution in [3.8, 4) is 5.88 Å². The molecular weight excluding hydrogens is 290 g/mol. The van der Waals surface area contributed by atoms with Crippen molar-refractivity contribution in [3.63, 3.8) is 0 Å². The van der Waals surface area contributed by atoms with E-state index in [1.807, 2.05) is 31.3 Å². The SMILES string of the molecule is CC(=O)Nc1c[nH]c2ccc(CCOc3ccc(C)cn3)cc12. The monoisotopic (exact) mass is 309 g/mol. The van der Waals surface area contributed by atoms with Crippen molar-refractivity contribution < 1.29 is 9.53 Å². The van der Waals surface area contributed by atoms with Crippen molar-refractivity contribution in [3.05, 3.63) is 53.9 Å². The molecule has 1 amide bonds. The van der Waals surface area contributed by atoms with Crippen LogP contribution >= 0.6 is 0 Å². The summed E-state index contributed by atoms with van der Waals surface area (Å²) in [5, 5.41) is 3.84. The number of nitrogens with zero attached hydrogens (tertiary/aromatic N) is 1. The minimum absolute atomic E-state index is 0.0786. The van der Waals surface area contributed by atoms with E-state index in [1.54, 1.807) is 6.20 Å². The van der Waals surface area contributed by atoms with E-state index >= 15 is 0 Å². The highest BCUT2D eigenvalue weighted by Gasteiger charge is 2.06. The maximum absolute atomic E-state index is 11.2. The van der Waals surface area contributed by atoms with Crippen LogP contribution in [-0.4, -0.2) is 22.5 Å². The molecule has 3 aromatic rings. The van der Waals surface area contributed by atoms with Gasteiger partial charge in [-0.25, -0.2) is 4.98 Å². The summed E-state index contributed by atoms with van der Waals surface area (Å²) >= 11 is 0. The van der Waals surface area contributed by atoms with Crippen LogP contribution in [0.3, 0.4) is 0 Å². The topological polar surface area (TPSA) is 67.0 Å². The molecule has 0 unspecified atom stereocenters. The molecule has 2 aromatic heterocycles. The summed E-state index contributed by atoms with van der Waals surface area (Å²) in [5.74, 6) is 0.558. The summed E-state index contributed by atoms with van der Waals surface area (Å²) in [5.41, 5.74) is 4.06. The molecular formula is C18H19N3O2. The van der Waals surface area contributed by atoms with Crippen molar-refractivity contribution in [2.24, 2.45) is 0 Å². The molecule has 0 aliphatic heterocycles. The van der Waals surface area contributed by atoms with Crippen molar-refractivity contribution >= 4 is 22.5 Å². The third kappa shape index (κ3) is 3.69. The van der Waals surface area contributed by atoms with Gasteiger partial charge in [0.05, 0.1) is 12.3 Å². The fourth-order valence-electron chi connectivity index (χ4n) is 2.43. The molecule has 2 N–H and O–H groups in total. The lowest BCUT2D eigenvalue weighted by Gasteiger charge is -2.06. The lowest BCUT2D eigenvalue weighted by atomic mass is 10.1. The number of nitrogens with one attached hydrogen (secondary N) is 2. The number of anilines is 1. The zero-order chi connectivity index (χ0) is 16.2. The number of H-pyrrole nitrogens is 1. The summed E-state index contributed by atoms with van der Waals surface area (Å²) in [7, 11) is 0. The summed E-state index contributed by atoms with van der Waals surface area (Å²) in [6, 6.07) is 10.00. The van der Waals surface area contributed by atoms with E-state index in [0.717, 1.165) is 34.1 Å². The number of amides is 1. The van der Waals surface area contributed by atoms with E-state index in [4.69, 9.17) is 4.74 Å². The minimum Gasteiger partial charge on any atom is -0.477 e. The lowest BCUT2D eigenvalue weighted by molar-refractivity contribution is -0.114. The Labute approximate surface area is 134 Å². The maximum atomic E-state index is 11.2. The van der Waals surface area contributed by atoms with E-state index in [-0.39, 0.29) is 5.91 Å².